The van der Waals surface area contributed by atoms with Crippen LogP contribution in [-0.2, 0) is 0 Å². The molecule has 3 heterocycles. The molecule has 12 heteroatoms. The summed E-state index contributed by atoms with van der Waals surface area (Å²) in [5.41, 5.74) is 0.684. The molecule has 0 radical (unpaired) electrons. The third-order valence-corrected chi connectivity index (χ3v) is 6.28. The summed E-state index contributed by atoms with van der Waals surface area (Å²) in [4.78, 5) is 31.9. The van der Waals surface area contributed by atoms with Gasteiger partial charge in [0.05, 0.1) is 32.7 Å². The Labute approximate surface area is 228 Å². The smallest absolute Gasteiger partial charge is 0.420 e. The number of likely N-dealkylation sites (N-methyl/N-ethyl adjacent to an activating group) is 1. The highest BCUT2D eigenvalue weighted by Gasteiger charge is 2.18. The molecule has 4 rings (SSSR count). The molecule has 0 aliphatic carbocycles. The van der Waals surface area contributed by atoms with Crippen LogP contribution in [0.3, 0.4) is 0 Å². The Morgan fingerprint density at radius 3 is 2.56 bits per heavy atom. The number of piperazine rings is 1. The molecule has 0 spiro atoms. The zero-order valence-corrected chi connectivity index (χ0v) is 22.8. The zero-order valence-electron chi connectivity index (χ0n) is 22.8. The van der Waals surface area contributed by atoms with E-state index < -0.39 is 6.09 Å². The van der Waals surface area contributed by atoms with Gasteiger partial charge in [0.15, 0.2) is 11.5 Å². The lowest BCUT2D eigenvalue weighted by molar-refractivity contribution is 0.145. The highest BCUT2D eigenvalue weighted by atomic mass is 16.6. The first-order chi connectivity index (χ1) is 18.9. The van der Waals surface area contributed by atoms with Crippen LogP contribution in [0.2, 0.25) is 0 Å². The van der Waals surface area contributed by atoms with Crippen LogP contribution in [0, 0.1) is 0 Å². The number of pyridine rings is 1. The maximum Gasteiger partial charge on any atom is 0.420 e. The molecule has 1 aromatic carbocycles. The van der Waals surface area contributed by atoms with Crippen molar-refractivity contribution in [3.8, 4) is 23.1 Å². The first kappa shape index (κ1) is 27.9. The minimum absolute atomic E-state index is 0.230. The Hall–Kier alpha value is -4.16. The fourth-order valence-corrected chi connectivity index (χ4v) is 3.92. The Morgan fingerprint density at radius 1 is 1.03 bits per heavy atom. The molecule has 1 amide bonds. The van der Waals surface area contributed by atoms with E-state index in [4.69, 9.17) is 18.9 Å². The van der Waals surface area contributed by atoms with Crippen molar-refractivity contribution in [3.05, 3.63) is 48.8 Å². The van der Waals surface area contributed by atoms with Crippen molar-refractivity contribution < 1.29 is 23.7 Å². The van der Waals surface area contributed by atoms with Gasteiger partial charge in [0.2, 0.25) is 11.8 Å². The van der Waals surface area contributed by atoms with Gasteiger partial charge in [-0.25, -0.2) is 14.8 Å². The Balaban J connectivity index is 1.28. The number of benzene rings is 1. The molecule has 208 valence electrons. The monoisotopic (exact) mass is 537 g/mol. The molecule has 1 N–H and O–H groups in total. The number of rotatable bonds is 11. The molecule has 3 aromatic rings. The first-order valence-electron chi connectivity index (χ1n) is 12.7. The second-order valence-corrected chi connectivity index (χ2v) is 9.04. The number of carbonyl (C=O) groups is 1. The average molecular weight is 538 g/mol. The van der Waals surface area contributed by atoms with Crippen molar-refractivity contribution in [2.45, 2.75) is 6.42 Å². The summed E-state index contributed by atoms with van der Waals surface area (Å²) < 4.78 is 21.8. The number of anilines is 3. The average Bonchev–Trinajstić information content (AvgIpc) is 2.96. The van der Waals surface area contributed by atoms with Gasteiger partial charge in [-0.2, -0.15) is 4.98 Å². The number of hydrogen-bond donors (Lipinski definition) is 1. The van der Waals surface area contributed by atoms with Gasteiger partial charge in [0.1, 0.15) is 11.6 Å². The maximum atomic E-state index is 12.8. The second-order valence-electron chi connectivity index (χ2n) is 9.04. The molecule has 1 aliphatic rings. The summed E-state index contributed by atoms with van der Waals surface area (Å²) in [7, 11) is 6.74. The summed E-state index contributed by atoms with van der Waals surface area (Å²) in [6.07, 6.45) is 3.50. The highest BCUT2D eigenvalue weighted by molar-refractivity contribution is 5.88. The minimum Gasteiger partial charge on any atom is -0.497 e. The third-order valence-electron chi connectivity index (χ3n) is 6.28. The molecule has 0 saturated carbocycles. The van der Waals surface area contributed by atoms with Crippen molar-refractivity contribution >= 4 is 23.5 Å². The van der Waals surface area contributed by atoms with Crippen LogP contribution < -0.4 is 29.2 Å². The van der Waals surface area contributed by atoms with E-state index in [-0.39, 0.29) is 5.75 Å². The Bertz CT molecular complexity index is 1220. The molecule has 1 fully saturated rings. The quantitative estimate of drug-likeness (QED) is 0.364. The predicted molar refractivity (Wildman–Crippen MR) is 148 cm³/mol. The zero-order chi connectivity index (χ0) is 27.6. The van der Waals surface area contributed by atoms with Crippen LogP contribution in [0.4, 0.5) is 22.2 Å². The van der Waals surface area contributed by atoms with Crippen LogP contribution in [0.25, 0.3) is 0 Å². The van der Waals surface area contributed by atoms with Crippen LogP contribution >= 0.6 is 0 Å². The number of carbonyl (C=O) groups excluding carboxylic acids is 1. The molecule has 0 atom stereocenters. The fraction of sp³-hybridized carbons (Fsp3) is 0.407. The molecule has 1 saturated heterocycles. The summed E-state index contributed by atoms with van der Waals surface area (Å²) in [5.74, 6) is 2.36. The first-order valence-corrected chi connectivity index (χ1v) is 12.7. The van der Waals surface area contributed by atoms with E-state index >= 15 is 0 Å². The number of nitrogens with zero attached hydrogens (tertiary/aromatic N) is 6. The van der Waals surface area contributed by atoms with Gasteiger partial charge in [0.25, 0.3) is 0 Å². The van der Waals surface area contributed by atoms with E-state index in [1.165, 1.54) is 19.1 Å². The molecule has 0 bridgehead atoms. The van der Waals surface area contributed by atoms with E-state index in [0.29, 0.717) is 41.4 Å². The lowest BCUT2D eigenvalue weighted by Gasteiger charge is -2.32. The second kappa shape index (κ2) is 13.6. The van der Waals surface area contributed by atoms with Crippen LogP contribution in [-0.4, -0.2) is 98.5 Å². The summed E-state index contributed by atoms with van der Waals surface area (Å²) >= 11 is 0. The topological polar surface area (TPSA) is 114 Å². The molecule has 12 nitrogen and oxygen atoms in total. The molecule has 39 heavy (non-hydrogen) atoms. The fourth-order valence-electron chi connectivity index (χ4n) is 3.92. The Kier molecular flexibility index (Phi) is 9.70. The van der Waals surface area contributed by atoms with Crippen molar-refractivity contribution in [1.82, 2.24) is 24.8 Å². The van der Waals surface area contributed by atoms with Crippen LogP contribution in [0.5, 0.6) is 23.1 Å². The number of ether oxygens (including phenoxy) is 4. The lowest BCUT2D eigenvalue weighted by atomic mass is 10.3. The largest absolute Gasteiger partial charge is 0.497 e. The molecular formula is C27H35N7O5. The summed E-state index contributed by atoms with van der Waals surface area (Å²) in [5, 5.41) is 3.10. The number of methoxy groups -OCH3 is 2. The van der Waals surface area contributed by atoms with Crippen molar-refractivity contribution in [2.75, 3.05) is 77.9 Å². The third kappa shape index (κ3) is 7.91. The van der Waals surface area contributed by atoms with Crippen LogP contribution in [0.15, 0.2) is 48.8 Å². The number of nitrogens with one attached hydrogen (secondary N) is 1. The van der Waals surface area contributed by atoms with Crippen LogP contribution in [0.1, 0.15) is 6.42 Å². The summed E-state index contributed by atoms with van der Waals surface area (Å²) in [6, 6.07) is 10.2. The number of amides is 1. The molecular weight excluding hydrogens is 502 g/mol. The number of hydrogen-bond acceptors (Lipinski definition) is 11. The van der Waals surface area contributed by atoms with E-state index in [0.717, 1.165) is 39.1 Å². The van der Waals surface area contributed by atoms with Gasteiger partial charge in [-0.3, -0.25) is 4.90 Å². The van der Waals surface area contributed by atoms with E-state index in [1.807, 2.05) is 6.07 Å². The van der Waals surface area contributed by atoms with Gasteiger partial charge in [0, 0.05) is 58.1 Å². The van der Waals surface area contributed by atoms with Crippen molar-refractivity contribution in [2.24, 2.45) is 0 Å². The van der Waals surface area contributed by atoms with Gasteiger partial charge in [-0.05, 0) is 37.7 Å². The predicted octanol–water partition coefficient (Wildman–Crippen LogP) is 3.28. The van der Waals surface area contributed by atoms with Crippen molar-refractivity contribution in [3.63, 3.8) is 0 Å². The van der Waals surface area contributed by atoms with E-state index in [1.54, 1.807) is 49.8 Å². The Morgan fingerprint density at radius 2 is 1.85 bits per heavy atom. The normalized spacial score (nSPS) is 13.9. The van der Waals surface area contributed by atoms with Gasteiger partial charge >= 0.3 is 6.09 Å². The SMILES string of the molecule is COc1ccc(OC)c(OC(=O)N(C)c2ccnc(Nc3ccc(OCCCN4CCN(C)CC4)nc3)n2)c1. The highest BCUT2D eigenvalue weighted by Crippen LogP contribution is 2.32. The standard InChI is InChI=1S/C27H35N7O5/c1-32-13-15-34(16-14-32)12-5-17-38-25-9-6-20(19-29-25)30-26-28-11-10-24(31-26)33(2)27(35)39-23-18-21(36-3)7-8-22(23)37-4/h6-11,18-19H,5,12-17H2,1-4H3,(H,28,30,31). The van der Waals surface area contributed by atoms with Gasteiger partial charge in [-0.1, -0.05) is 0 Å². The lowest BCUT2D eigenvalue weighted by Crippen LogP contribution is -2.44. The maximum absolute atomic E-state index is 12.8. The minimum atomic E-state index is -0.651. The summed E-state index contributed by atoms with van der Waals surface area (Å²) in [6.45, 7) is 6.07. The molecule has 1 aliphatic heterocycles. The van der Waals surface area contributed by atoms with Gasteiger partial charge < -0.3 is 34.1 Å². The van der Waals surface area contributed by atoms with E-state index in [9.17, 15) is 4.79 Å². The number of aromatic nitrogens is 3. The van der Waals surface area contributed by atoms with Crippen molar-refractivity contribution in [1.29, 1.82) is 0 Å². The van der Waals surface area contributed by atoms with Gasteiger partial charge in [-0.15, -0.1) is 0 Å². The molecule has 2 aromatic heterocycles. The van der Waals surface area contributed by atoms with E-state index in [2.05, 4.69) is 37.1 Å². The molecule has 0 unspecified atom stereocenters.